The van der Waals surface area contributed by atoms with E-state index >= 15 is 0 Å². The Morgan fingerprint density at radius 2 is 0.522 bits per heavy atom. The minimum atomic E-state index is -4.96. The van der Waals surface area contributed by atoms with Crippen LogP contribution in [0.3, 0.4) is 0 Å². The van der Waals surface area contributed by atoms with E-state index in [1.54, 1.807) is 0 Å². The van der Waals surface area contributed by atoms with E-state index in [4.69, 9.17) is 37.0 Å². The largest absolute Gasteiger partial charge is 0.472 e. The van der Waals surface area contributed by atoms with E-state index in [0.717, 1.165) is 114 Å². The third-order valence-electron chi connectivity index (χ3n) is 17.5. The van der Waals surface area contributed by atoms with Crippen LogP contribution < -0.4 is 0 Å². The molecule has 0 rings (SSSR count). The van der Waals surface area contributed by atoms with Crippen molar-refractivity contribution in [2.75, 3.05) is 39.6 Å². The van der Waals surface area contributed by atoms with Gasteiger partial charge in [-0.3, -0.25) is 37.3 Å². The van der Waals surface area contributed by atoms with Gasteiger partial charge in [-0.1, -0.05) is 312 Å². The van der Waals surface area contributed by atoms with Gasteiger partial charge in [0.25, 0.3) is 0 Å². The second kappa shape index (κ2) is 62.6. The van der Waals surface area contributed by atoms with E-state index in [1.807, 2.05) is 0 Å². The van der Waals surface area contributed by atoms with Gasteiger partial charge in [-0.05, 0) is 49.4 Å². The Morgan fingerprint density at radius 3 is 0.772 bits per heavy atom. The highest BCUT2D eigenvalue weighted by Gasteiger charge is 2.30. The molecule has 5 unspecified atom stereocenters. The fourth-order valence-electron chi connectivity index (χ4n) is 11.0. The number of phosphoric acid groups is 2. The summed E-state index contributed by atoms with van der Waals surface area (Å²) in [4.78, 5) is 72.7. The van der Waals surface area contributed by atoms with Gasteiger partial charge in [0, 0.05) is 25.7 Å². The quantitative estimate of drug-likeness (QED) is 0.0222. The highest BCUT2D eigenvalue weighted by molar-refractivity contribution is 7.47. The van der Waals surface area contributed by atoms with Crippen molar-refractivity contribution in [3.05, 3.63) is 0 Å². The van der Waals surface area contributed by atoms with Crippen molar-refractivity contribution in [3.63, 3.8) is 0 Å². The number of ether oxygens (including phenoxy) is 4. The lowest BCUT2D eigenvalue weighted by molar-refractivity contribution is -0.161. The molecule has 0 aliphatic carbocycles. The van der Waals surface area contributed by atoms with Crippen molar-refractivity contribution in [2.45, 2.75) is 382 Å². The van der Waals surface area contributed by atoms with Crippen LogP contribution in [0.15, 0.2) is 0 Å². The molecule has 0 spiro atoms. The maximum atomic E-state index is 13.0. The molecule has 0 saturated carbocycles. The first-order valence-electron chi connectivity index (χ1n) is 37.8. The van der Waals surface area contributed by atoms with Gasteiger partial charge in [-0.15, -0.1) is 0 Å². The Balaban J connectivity index is 5.23. The van der Waals surface area contributed by atoms with Crippen LogP contribution in [0.4, 0.5) is 0 Å². The zero-order chi connectivity index (χ0) is 68.2. The van der Waals surface area contributed by atoms with Crippen LogP contribution in [0.2, 0.25) is 0 Å². The minimum absolute atomic E-state index is 0.103. The molecule has 546 valence electrons. The smallest absolute Gasteiger partial charge is 0.462 e. The highest BCUT2D eigenvalue weighted by Crippen LogP contribution is 2.45. The predicted octanol–water partition coefficient (Wildman–Crippen LogP) is 20.9. The molecule has 0 fully saturated rings. The van der Waals surface area contributed by atoms with Crippen LogP contribution in [0, 0.1) is 23.7 Å². The number of esters is 4. The lowest BCUT2D eigenvalue weighted by atomic mass is 9.99. The summed E-state index contributed by atoms with van der Waals surface area (Å²) in [5, 5.41) is 10.6. The van der Waals surface area contributed by atoms with Crippen LogP contribution in [0.1, 0.15) is 364 Å². The van der Waals surface area contributed by atoms with Gasteiger partial charge in [0.2, 0.25) is 0 Å². The van der Waals surface area contributed by atoms with Gasteiger partial charge in [0.05, 0.1) is 26.4 Å². The molecule has 0 saturated heterocycles. The van der Waals surface area contributed by atoms with Crippen molar-refractivity contribution >= 4 is 39.5 Å². The molecule has 0 aromatic heterocycles. The minimum Gasteiger partial charge on any atom is -0.462 e. The van der Waals surface area contributed by atoms with Gasteiger partial charge < -0.3 is 33.8 Å². The molecule has 17 nitrogen and oxygen atoms in total. The molecule has 0 aromatic rings. The number of hydrogen-bond donors (Lipinski definition) is 3. The number of phosphoric ester groups is 2. The van der Waals surface area contributed by atoms with Crippen molar-refractivity contribution < 1.29 is 80.2 Å². The standard InChI is InChI=1S/C73H142O17P2/c1-9-65(7)51-43-35-27-17-15-13-11-12-14-16-18-29-37-45-53-70(75)83-59-68(90-73(78)56-48-40-32-24-21-28-36-44-52-66(8)10-2)61-87-91(79,80)85-57-67(74)58-86-92(81,82)88-62-69(89-72(77)55-47-39-31-23-20-26-34-42-50-64(5)6)60-84-71(76)54-46-38-30-22-19-25-33-41-49-63(3)4/h63-69,74H,9-62H2,1-8H3,(H,79,80)(H,81,82)/t65?,66?,67?,68-,69-/m1/s1. The summed E-state index contributed by atoms with van der Waals surface area (Å²) in [6.07, 6.45) is 45.8. The molecule has 3 N–H and O–H groups in total. The first-order valence-corrected chi connectivity index (χ1v) is 40.8. The zero-order valence-corrected chi connectivity index (χ0v) is 62.0. The number of rotatable bonds is 70. The van der Waals surface area contributed by atoms with Crippen molar-refractivity contribution in [2.24, 2.45) is 23.7 Å². The summed E-state index contributed by atoms with van der Waals surface area (Å²) < 4.78 is 68.4. The molecule has 19 heteroatoms. The maximum Gasteiger partial charge on any atom is 0.472 e. The third kappa shape index (κ3) is 64.1. The van der Waals surface area contributed by atoms with Crippen LogP contribution in [-0.4, -0.2) is 96.7 Å². The summed E-state index contributed by atoms with van der Waals surface area (Å²) >= 11 is 0. The van der Waals surface area contributed by atoms with Crippen molar-refractivity contribution in [3.8, 4) is 0 Å². The molecule has 7 atom stereocenters. The summed E-state index contributed by atoms with van der Waals surface area (Å²) in [7, 11) is -9.91. The van der Waals surface area contributed by atoms with Gasteiger partial charge in [0.1, 0.15) is 19.3 Å². The monoisotopic (exact) mass is 1350 g/mol. The second-order valence-electron chi connectivity index (χ2n) is 27.8. The van der Waals surface area contributed by atoms with Gasteiger partial charge in [-0.25, -0.2) is 9.13 Å². The van der Waals surface area contributed by atoms with Crippen molar-refractivity contribution in [1.29, 1.82) is 0 Å². The molecule has 0 bridgehead atoms. The van der Waals surface area contributed by atoms with E-state index in [0.29, 0.717) is 25.7 Å². The Labute approximate surface area is 562 Å². The molecule has 0 radical (unpaired) electrons. The fourth-order valence-corrected chi connectivity index (χ4v) is 12.5. The molecular formula is C73H142O17P2. The third-order valence-corrected chi connectivity index (χ3v) is 19.4. The molecule has 0 aliphatic rings. The Kier molecular flexibility index (Phi) is 61.3. The van der Waals surface area contributed by atoms with E-state index in [9.17, 15) is 43.2 Å². The summed E-state index contributed by atoms with van der Waals surface area (Å²) in [6, 6.07) is 0. The normalized spacial score (nSPS) is 14.8. The topological polar surface area (TPSA) is 237 Å². The molecular weight excluding hydrogens is 1210 g/mol. The molecule has 0 aliphatic heterocycles. The first kappa shape index (κ1) is 90.1. The van der Waals surface area contributed by atoms with Crippen LogP contribution in [0.5, 0.6) is 0 Å². The van der Waals surface area contributed by atoms with Crippen LogP contribution >= 0.6 is 15.6 Å². The maximum absolute atomic E-state index is 13.0. The number of carbonyl (C=O) groups excluding carboxylic acids is 4. The number of carbonyl (C=O) groups is 4. The Morgan fingerprint density at radius 1 is 0.304 bits per heavy atom. The summed E-state index contributed by atoms with van der Waals surface area (Å²) in [6.45, 7) is 14.1. The lowest BCUT2D eigenvalue weighted by Gasteiger charge is -2.21. The number of hydrogen-bond acceptors (Lipinski definition) is 15. The molecule has 92 heavy (non-hydrogen) atoms. The average Bonchev–Trinajstić information content (AvgIpc) is 2.35. The van der Waals surface area contributed by atoms with E-state index in [-0.39, 0.29) is 25.7 Å². The zero-order valence-electron chi connectivity index (χ0n) is 60.2. The number of aliphatic hydroxyl groups excluding tert-OH is 1. The number of aliphatic hydroxyl groups is 1. The van der Waals surface area contributed by atoms with Gasteiger partial charge in [-0.2, -0.15) is 0 Å². The van der Waals surface area contributed by atoms with Crippen LogP contribution in [0.25, 0.3) is 0 Å². The molecule has 0 aromatic carbocycles. The molecule has 0 amide bonds. The highest BCUT2D eigenvalue weighted by atomic mass is 31.2. The first-order chi connectivity index (χ1) is 44.2. The van der Waals surface area contributed by atoms with Gasteiger partial charge >= 0.3 is 39.5 Å². The van der Waals surface area contributed by atoms with E-state index in [2.05, 4.69) is 55.4 Å². The Bertz CT molecular complexity index is 1820. The SMILES string of the molecule is CCC(C)CCCCCCCCCCCCCCCCC(=O)OC[C@H](COP(=O)(O)OCC(O)COP(=O)(O)OC[C@@H](COC(=O)CCCCCCCCCCC(C)C)OC(=O)CCCCCCCCCCC(C)C)OC(=O)CCCCCCCCCCC(C)CC. The second-order valence-corrected chi connectivity index (χ2v) is 30.7. The lowest BCUT2D eigenvalue weighted by Crippen LogP contribution is -2.30. The summed E-state index contributed by atoms with van der Waals surface area (Å²) in [5.74, 6) is 0.936. The Hall–Kier alpha value is -1.94. The summed E-state index contributed by atoms with van der Waals surface area (Å²) in [5.41, 5.74) is 0. The predicted molar refractivity (Wildman–Crippen MR) is 372 cm³/mol. The van der Waals surface area contributed by atoms with Crippen LogP contribution in [-0.2, 0) is 65.4 Å². The van der Waals surface area contributed by atoms with E-state index in [1.165, 1.54) is 167 Å². The van der Waals surface area contributed by atoms with E-state index < -0.39 is 97.5 Å². The molecule has 0 heterocycles. The van der Waals surface area contributed by atoms with Gasteiger partial charge in [0.15, 0.2) is 12.2 Å². The average molecular weight is 1350 g/mol. The number of unbranched alkanes of at least 4 members (excludes halogenated alkanes) is 34. The van der Waals surface area contributed by atoms with Crippen molar-refractivity contribution in [1.82, 2.24) is 0 Å². The fraction of sp³-hybridized carbons (Fsp3) is 0.945.